The van der Waals surface area contributed by atoms with Gasteiger partial charge in [0.15, 0.2) is 0 Å². The number of methoxy groups -OCH3 is 1. The molecule has 4 atom stereocenters. The Morgan fingerprint density at radius 1 is 1.21 bits per heavy atom. The largest absolute Gasteiger partial charge is 0.468 e. The number of fused-ring (bicyclic) bond motifs is 1. The van der Waals surface area contributed by atoms with Gasteiger partial charge in [-0.3, -0.25) is 9.59 Å². The number of rotatable bonds is 12. The lowest BCUT2D eigenvalue weighted by molar-refractivity contribution is -0.137. The predicted molar refractivity (Wildman–Crippen MR) is 137 cm³/mol. The maximum atomic E-state index is 12.4. The van der Waals surface area contributed by atoms with E-state index < -0.39 is 12.2 Å². The fourth-order valence-electron chi connectivity index (χ4n) is 3.96. The molecule has 2 aromatic carbocycles. The molecule has 1 aliphatic rings. The zero-order chi connectivity index (χ0) is 23.6. The average Bonchev–Trinajstić information content (AvgIpc) is 3.09. The van der Waals surface area contributed by atoms with E-state index >= 15 is 0 Å². The van der Waals surface area contributed by atoms with Gasteiger partial charge in [0.1, 0.15) is 5.78 Å². The van der Waals surface area contributed by atoms with Crippen LogP contribution in [0.15, 0.2) is 54.6 Å². The summed E-state index contributed by atoms with van der Waals surface area (Å²) in [6.07, 6.45) is 4.60. The summed E-state index contributed by atoms with van der Waals surface area (Å²) < 4.78 is 4.62. The van der Waals surface area contributed by atoms with Gasteiger partial charge in [0.25, 0.3) is 0 Å². The maximum Gasteiger partial charge on any atom is 0.315 e. The molecule has 0 unspecified atom stereocenters. The third-order valence-corrected chi connectivity index (χ3v) is 8.28. The number of thioether (sulfide) groups is 2. The number of ether oxygens (including phenoxy) is 1. The van der Waals surface area contributed by atoms with Crippen molar-refractivity contribution in [3.63, 3.8) is 0 Å². The van der Waals surface area contributed by atoms with E-state index in [1.165, 1.54) is 35.2 Å². The van der Waals surface area contributed by atoms with Crippen molar-refractivity contribution in [3.8, 4) is 0 Å². The Morgan fingerprint density at radius 3 is 2.79 bits per heavy atom. The summed E-state index contributed by atoms with van der Waals surface area (Å²) in [6, 6.07) is 14.6. The van der Waals surface area contributed by atoms with Gasteiger partial charge in [0.05, 0.1) is 30.3 Å². The van der Waals surface area contributed by atoms with Crippen LogP contribution in [0.2, 0.25) is 0 Å². The van der Waals surface area contributed by atoms with Crippen molar-refractivity contribution in [2.75, 3.05) is 24.4 Å². The molecular weight excluding hydrogens is 456 g/mol. The van der Waals surface area contributed by atoms with Crippen LogP contribution in [0.1, 0.15) is 24.8 Å². The SMILES string of the molecule is COC(=O)CSCCCS[C@H]1C(=O)C[C@@H](O)[C@@H]1/C=C/[C@@H](O)CCc1ccc2ccccc2c1. The third kappa shape index (κ3) is 7.88. The first-order valence-corrected chi connectivity index (χ1v) is 13.5. The highest BCUT2D eigenvalue weighted by Crippen LogP contribution is 2.34. The first kappa shape index (κ1) is 25.8. The smallest absolute Gasteiger partial charge is 0.315 e. The van der Waals surface area contributed by atoms with Gasteiger partial charge in [-0.05, 0) is 47.1 Å². The molecule has 2 N–H and O–H groups in total. The minimum Gasteiger partial charge on any atom is -0.468 e. The van der Waals surface area contributed by atoms with E-state index in [9.17, 15) is 19.8 Å². The molecule has 178 valence electrons. The van der Waals surface area contributed by atoms with Crippen LogP contribution in [-0.4, -0.2) is 63.8 Å². The van der Waals surface area contributed by atoms with Crippen molar-refractivity contribution in [2.24, 2.45) is 5.92 Å². The molecule has 0 heterocycles. The van der Waals surface area contributed by atoms with E-state index in [0.29, 0.717) is 12.2 Å². The minimum atomic E-state index is -0.701. The van der Waals surface area contributed by atoms with Crippen LogP contribution >= 0.6 is 23.5 Å². The maximum absolute atomic E-state index is 12.4. The highest BCUT2D eigenvalue weighted by atomic mass is 32.2. The molecule has 0 bridgehead atoms. The standard InChI is InChI=1S/C26H32O5S2/c1-31-25(30)17-32-13-4-14-33-26-22(23(28)16-24(26)29)12-11-21(27)10-8-18-7-9-19-5-2-3-6-20(19)15-18/h2-3,5-7,9,11-12,15,21-23,26-28H,4,8,10,13-14,16-17H2,1H3/b12-11+/t21-,22-,23+,26+/m0/s1. The Bertz CT molecular complexity index is 961. The molecule has 0 aliphatic heterocycles. The fraction of sp³-hybridized carbons (Fsp3) is 0.462. The van der Waals surface area contributed by atoms with E-state index in [1.54, 1.807) is 17.8 Å². The van der Waals surface area contributed by atoms with Gasteiger partial charge in [0, 0.05) is 12.3 Å². The number of aliphatic hydroxyl groups excluding tert-OH is 2. The summed E-state index contributed by atoms with van der Waals surface area (Å²) in [6.45, 7) is 0. The van der Waals surface area contributed by atoms with Crippen molar-refractivity contribution in [1.29, 1.82) is 0 Å². The van der Waals surface area contributed by atoms with Crippen molar-refractivity contribution in [2.45, 2.75) is 43.1 Å². The monoisotopic (exact) mass is 488 g/mol. The molecule has 0 radical (unpaired) electrons. The molecule has 1 aliphatic carbocycles. The van der Waals surface area contributed by atoms with Crippen molar-refractivity contribution in [1.82, 2.24) is 0 Å². The second-order valence-corrected chi connectivity index (χ2v) is 10.6. The van der Waals surface area contributed by atoms with Crippen LogP contribution in [0.3, 0.4) is 0 Å². The van der Waals surface area contributed by atoms with Gasteiger partial charge in [-0.1, -0.05) is 54.6 Å². The number of hydrogen-bond acceptors (Lipinski definition) is 7. The van der Waals surface area contributed by atoms with Crippen LogP contribution in [0.5, 0.6) is 0 Å². The van der Waals surface area contributed by atoms with Gasteiger partial charge >= 0.3 is 5.97 Å². The number of benzene rings is 2. The van der Waals surface area contributed by atoms with Crippen molar-refractivity contribution in [3.05, 3.63) is 60.2 Å². The predicted octanol–water partition coefficient (Wildman–Crippen LogP) is 4.04. The highest BCUT2D eigenvalue weighted by Gasteiger charge is 2.40. The number of carbonyl (C=O) groups excluding carboxylic acids is 2. The van der Waals surface area contributed by atoms with Gasteiger partial charge in [-0.2, -0.15) is 11.8 Å². The minimum absolute atomic E-state index is 0.0648. The molecule has 7 heteroatoms. The Labute approximate surface area is 204 Å². The second kappa shape index (κ2) is 13.2. The lowest BCUT2D eigenvalue weighted by Gasteiger charge is -2.17. The van der Waals surface area contributed by atoms with Gasteiger partial charge in [0.2, 0.25) is 0 Å². The highest BCUT2D eigenvalue weighted by molar-refractivity contribution is 8.01. The Morgan fingerprint density at radius 2 is 2.00 bits per heavy atom. The Kier molecular flexibility index (Phi) is 10.3. The molecule has 2 aromatic rings. The summed E-state index contributed by atoms with van der Waals surface area (Å²) in [4.78, 5) is 23.5. The van der Waals surface area contributed by atoms with E-state index in [2.05, 4.69) is 35.1 Å². The molecule has 0 saturated heterocycles. The van der Waals surface area contributed by atoms with Crippen molar-refractivity contribution < 1.29 is 24.5 Å². The Balaban J connectivity index is 1.45. The number of Topliss-reactive ketones (excluding diaryl/α,β-unsaturated/α-hetero) is 1. The van der Waals surface area contributed by atoms with Gasteiger partial charge in [-0.15, -0.1) is 11.8 Å². The van der Waals surface area contributed by atoms with Crippen molar-refractivity contribution >= 4 is 46.0 Å². The van der Waals surface area contributed by atoms with Gasteiger partial charge in [-0.25, -0.2) is 0 Å². The van der Waals surface area contributed by atoms with E-state index in [0.717, 1.165) is 24.3 Å². The molecular formula is C26H32O5S2. The van der Waals surface area contributed by atoms with Crippen LogP contribution in [0.4, 0.5) is 0 Å². The molecule has 1 saturated carbocycles. The number of hydrogen-bond donors (Lipinski definition) is 2. The summed E-state index contributed by atoms with van der Waals surface area (Å²) in [5.41, 5.74) is 1.18. The van der Waals surface area contributed by atoms with E-state index in [1.807, 2.05) is 18.2 Å². The zero-order valence-electron chi connectivity index (χ0n) is 18.9. The lowest BCUT2D eigenvalue weighted by Crippen LogP contribution is -2.22. The molecule has 5 nitrogen and oxygen atoms in total. The second-order valence-electron chi connectivity index (χ2n) is 8.26. The Hall–Kier alpha value is -1.80. The van der Waals surface area contributed by atoms with Crippen LogP contribution in [-0.2, 0) is 20.7 Å². The number of aryl methyl sites for hydroxylation is 1. The number of esters is 1. The molecule has 0 amide bonds. The molecule has 3 rings (SSSR count). The van der Waals surface area contributed by atoms with Gasteiger partial charge < -0.3 is 14.9 Å². The first-order chi connectivity index (χ1) is 16.0. The lowest BCUT2D eigenvalue weighted by atomic mass is 10.0. The summed E-state index contributed by atoms with van der Waals surface area (Å²) >= 11 is 3.08. The topological polar surface area (TPSA) is 83.8 Å². The quantitative estimate of drug-likeness (QED) is 0.265. The van der Waals surface area contributed by atoms with Crippen LogP contribution in [0, 0.1) is 5.92 Å². The number of carbonyl (C=O) groups is 2. The number of ketones is 1. The molecule has 33 heavy (non-hydrogen) atoms. The number of aliphatic hydroxyl groups is 2. The normalized spacial score (nSPS) is 21.7. The summed E-state index contributed by atoms with van der Waals surface area (Å²) in [5, 5.41) is 22.9. The van der Waals surface area contributed by atoms with E-state index in [4.69, 9.17) is 0 Å². The third-order valence-electron chi connectivity index (χ3n) is 5.80. The first-order valence-electron chi connectivity index (χ1n) is 11.3. The fourth-order valence-corrected chi connectivity index (χ4v) is 6.26. The molecule has 0 spiro atoms. The van der Waals surface area contributed by atoms with Crippen LogP contribution in [0.25, 0.3) is 10.8 Å². The summed E-state index contributed by atoms with van der Waals surface area (Å²) in [7, 11) is 1.38. The summed E-state index contributed by atoms with van der Waals surface area (Å²) in [5.74, 6) is 1.50. The average molecular weight is 489 g/mol. The zero-order valence-corrected chi connectivity index (χ0v) is 20.5. The van der Waals surface area contributed by atoms with E-state index in [-0.39, 0.29) is 29.3 Å². The molecule has 0 aromatic heterocycles. The van der Waals surface area contributed by atoms with Crippen LogP contribution < -0.4 is 0 Å². The molecule has 1 fully saturated rings.